The fourth-order valence-electron chi connectivity index (χ4n) is 2.38. The first-order chi connectivity index (χ1) is 12.3. The standard InChI is InChI=1S/C18H15N3O4S/c1-10-6-7-11(2)13(8-10)19-18-20-17(23)15(26-18)9-12-4-3-5-14(16(12)22)21(24)25/h3-9,22H,1-2H3,(H,19,20,23). The number of carbonyl (C=O) groups is 1. The van der Waals surface area contributed by atoms with Crippen LogP contribution >= 0.6 is 11.8 Å². The second-order valence-electron chi connectivity index (χ2n) is 5.74. The van der Waals surface area contributed by atoms with Crippen molar-refractivity contribution >= 4 is 40.3 Å². The average Bonchev–Trinajstić information content (AvgIpc) is 2.92. The van der Waals surface area contributed by atoms with Gasteiger partial charge in [-0.25, -0.2) is 4.99 Å². The minimum atomic E-state index is -0.674. The van der Waals surface area contributed by atoms with E-state index in [4.69, 9.17) is 0 Å². The van der Waals surface area contributed by atoms with Crippen LogP contribution in [0, 0.1) is 24.0 Å². The van der Waals surface area contributed by atoms with Gasteiger partial charge < -0.3 is 10.4 Å². The van der Waals surface area contributed by atoms with E-state index in [1.807, 2.05) is 32.0 Å². The van der Waals surface area contributed by atoms with E-state index >= 15 is 0 Å². The van der Waals surface area contributed by atoms with Crippen molar-refractivity contribution in [2.45, 2.75) is 13.8 Å². The van der Waals surface area contributed by atoms with E-state index < -0.39 is 16.4 Å². The summed E-state index contributed by atoms with van der Waals surface area (Å²) in [5.41, 5.74) is 2.58. The van der Waals surface area contributed by atoms with Crippen molar-refractivity contribution in [3.63, 3.8) is 0 Å². The maximum atomic E-state index is 12.2. The summed E-state index contributed by atoms with van der Waals surface area (Å²) >= 11 is 1.12. The molecule has 0 atom stereocenters. The molecule has 1 saturated heterocycles. The molecule has 0 unspecified atom stereocenters. The van der Waals surface area contributed by atoms with Gasteiger partial charge >= 0.3 is 5.69 Å². The van der Waals surface area contributed by atoms with E-state index in [2.05, 4.69) is 10.3 Å². The third kappa shape index (κ3) is 3.60. The van der Waals surface area contributed by atoms with E-state index in [-0.39, 0.29) is 11.5 Å². The number of nitrogens with one attached hydrogen (secondary N) is 1. The van der Waals surface area contributed by atoms with Gasteiger partial charge in [0.25, 0.3) is 5.91 Å². The van der Waals surface area contributed by atoms with Crippen LogP contribution < -0.4 is 5.32 Å². The second-order valence-corrected chi connectivity index (χ2v) is 6.77. The molecule has 1 aliphatic rings. The molecule has 0 aliphatic carbocycles. The summed E-state index contributed by atoms with van der Waals surface area (Å²) in [7, 11) is 0. The fourth-order valence-corrected chi connectivity index (χ4v) is 3.21. The van der Waals surface area contributed by atoms with E-state index in [0.717, 1.165) is 28.6 Å². The highest BCUT2D eigenvalue weighted by molar-refractivity contribution is 8.18. The molecule has 1 fully saturated rings. The monoisotopic (exact) mass is 369 g/mol. The number of phenolic OH excluding ortho intramolecular Hbond substituents is 1. The summed E-state index contributed by atoms with van der Waals surface area (Å²) in [5, 5.41) is 24.0. The van der Waals surface area contributed by atoms with E-state index in [1.165, 1.54) is 24.3 Å². The van der Waals surface area contributed by atoms with Crippen LogP contribution in [0.3, 0.4) is 0 Å². The van der Waals surface area contributed by atoms with Crippen LogP contribution in [0.4, 0.5) is 11.4 Å². The Morgan fingerprint density at radius 2 is 2.04 bits per heavy atom. The Hall–Kier alpha value is -3.13. The molecule has 7 nitrogen and oxygen atoms in total. The van der Waals surface area contributed by atoms with E-state index in [0.29, 0.717) is 10.1 Å². The number of para-hydroxylation sites is 1. The Morgan fingerprint density at radius 3 is 2.77 bits per heavy atom. The Morgan fingerprint density at radius 1 is 1.27 bits per heavy atom. The molecule has 0 aromatic heterocycles. The first-order valence-electron chi connectivity index (χ1n) is 7.68. The number of rotatable bonds is 3. The van der Waals surface area contributed by atoms with Gasteiger partial charge in [0.1, 0.15) is 0 Å². The topological polar surface area (TPSA) is 105 Å². The molecule has 0 saturated carbocycles. The number of aliphatic imine (C=N–C) groups is 1. The Labute approximate surface area is 153 Å². The first-order valence-corrected chi connectivity index (χ1v) is 8.50. The second kappa shape index (κ2) is 7.01. The number of hydrogen-bond acceptors (Lipinski definition) is 6. The number of hydrogen-bond donors (Lipinski definition) is 2. The van der Waals surface area contributed by atoms with Crippen LogP contribution in [-0.2, 0) is 4.79 Å². The minimum absolute atomic E-state index is 0.199. The fraction of sp³-hybridized carbons (Fsp3) is 0.111. The maximum absolute atomic E-state index is 12.2. The van der Waals surface area contributed by atoms with Crippen molar-refractivity contribution in [1.82, 2.24) is 5.32 Å². The highest BCUT2D eigenvalue weighted by Crippen LogP contribution is 2.34. The number of aryl methyl sites for hydroxylation is 2. The van der Waals surface area contributed by atoms with Gasteiger partial charge in [-0.1, -0.05) is 24.3 Å². The normalized spacial score (nSPS) is 16.9. The zero-order valence-corrected chi connectivity index (χ0v) is 14.8. The smallest absolute Gasteiger partial charge is 0.311 e. The maximum Gasteiger partial charge on any atom is 0.311 e. The molecule has 132 valence electrons. The molecule has 0 spiro atoms. The van der Waals surface area contributed by atoms with Gasteiger partial charge in [-0.2, -0.15) is 0 Å². The molecule has 2 aromatic carbocycles. The van der Waals surface area contributed by atoms with Crippen molar-refractivity contribution in [3.8, 4) is 5.75 Å². The van der Waals surface area contributed by atoms with Crippen LogP contribution in [0.5, 0.6) is 5.75 Å². The third-order valence-corrected chi connectivity index (χ3v) is 4.68. The average molecular weight is 369 g/mol. The molecule has 0 radical (unpaired) electrons. The van der Waals surface area contributed by atoms with Crippen molar-refractivity contribution in [3.05, 3.63) is 68.1 Å². The lowest BCUT2D eigenvalue weighted by atomic mass is 10.1. The Bertz CT molecular complexity index is 982. The number of amidine groups is 1. The number of carbonyl (C=O) groups excluding carboxylic acids is 1. The van der Waals surface area contributed by atoms with Crippen LogP contribution in [0.25, 0.3) is 6.08 Å². The van der Waals surface area contributed by atoms with Gasteiger partial charge in [0.05, 0.1) is 15.5 Å². The number of amides is 1. The Balaban J connectivity index is 1.92. The molecule has 1 heterocycles. The first kappa shape index (κ1) is 17.7. The van der Waals surface area contributed by atoms with Crippen LogP contribution in [0.2, 0.25) is 0 Å². The number of phenols is 1. The number of aromatic hydroxyl groups is 1. The van der Waals surface area contributed by atoms with Gasteiger partial charge in [0.15, 0.2) is 5.17 Å². The lowest BCUT2D eigenvalue weighted by Gasteiger charge is -2.02. The van der Waals surface area contributed by atoms with Crippen LogP contribution in [0.15, 0.2) is 46.3 Å². The molecular weight excluding hydrogens is 354 g/mol. The highest BCUT2D eigenvalue weighted by atomic mass is 32.2. The summed E-state index contributed by atoms with van der Waals surface area (Å²) in [6.45, 7) is 3.89. The quantitative estimate of drug-likeness (QED) is 0.486. The lowest BCUT2D eigenvalue weighted by Crippen LogP contribution is -2.19. The molecule has 2 N–H and O–H groups in total. The lowest BCUT2D eigenvalue weighted by molar-refractivity contribution is -0.385. The number of nitro groups is 1. The summed E-state index contributed by atoms with van der Waals surface area (Å²) in [5.74, 6) is -0.844. The van der Waals surface area contributed by atoms with Gasteiger partial charge in [0.2, 0.25) is 5.75 Å². The number of benzene rings is 2. The van der Waals surface area contributed by atoms with Crippen molar-refractivity contribution in [1.29, 1.82) is 0 Å². The molecular formula is C18H15N3O4S. The number of nitrogens with zero attached hydrogens (tertiary/aromatic N) is 2. The number of nitro benzene ring substituents is 1. The summed E-state index contributed by atoms with van der Waals surface area (Å²) in [4.78, 5) is 27.2. The summed E-state index contributed by atoms with van der Waals surface area (Å²) in [6.07, 6.45) is 1.41. The molecule has 26 heavy (non-hydrogen) atoms. The van der Waals surface area contributed by atoms with E-state index in [9.17, 15) is 20.0 Å². The van der Waals surface area contributed by atoms with E-state index in [1.54, 1.807) is 0 Å². The van der Waals surface area contributed by atoms with Gasteiger partial charge in [0, 0.05) is 11.6 Å². The van der Waals surface area contributed by atoms with Crippen molar-refractivity contribution < 1.29 is 14.8 Å². The predicted molar refractivity (Wildman–Crippen MR) is 101 cm³/mol. The summed E-state index contributed by atoms with van der Waals surface area (Å²) in [6, 6.07) is 10.0. The van der Waals surface area contributed by atoms with Gasteiger partial charge in [-0.3, -0.25) is 14.9 Å². The molecule has 8 heteroatoms. The van der Waals surface area contributed by atoms with Gasteiger partial charge in [-0.05, 0) is 48.9 Å². The predicted octanol–water partition coefficient (Wildman–Crippen LogP) is 3.81. The van der Waals surface area contributed by atoms with Crippen LogP contribution in [-0.4, -0.2) is 21.1 Å². The molecule has 3 rings (SSSR count). The zero-order chi connectivity index (χ0) is 18.8. The minimum Gasteiger partial charge on any atom is -0.502 e. The largest absolute Gasteiger partial charge is 0.502 e. The van der Waals surface area contributed by atoms with Crippen molar-refractivity contribution in [2.75, 3.05) is 0 Å². The Kier molecular flexibility index (Phi) is 4.77. The highest BCUT2D eigenvalue weighted by Gasteiger charge is 2.25. The third-order valence-electron chi connectivity index (χ3n) is 3.77. The molecule has 2 aromatic rings. The number of thioether (sulfide) groups is 1. The van der Waals surface area contributed by atoms with Crippen molar-refractivity contribution in [2.24, 2.45) is 4.99 Å². The zero-order valence-electron chi connectivity index (χ0n) is 14.0. The summed E-state index contributed by atoms with van der Waals surface area (Å²) < 4.78 is 0. The molecule has 1 aliphatic heterocycles. The molecule has 1 amide bonds. The molecule has 0 bridgehead atoms. The van der Waals surface area contributed by atoms with Crippen LogP contribution in [0.1, 0.15) is 16.7 Å². The SMILES string of the molecule is Cc1ccc(C)c(N=C2NC(=O)C(=Cc3cccc([N+](=O)[O-])c3O)S2)c1. The van der Waals surface area contributed by atoms with Gasteiger partial charge in [-0.15, -0.1) is 0 Å².